The van der Waals surface area contributed by atoms with Crippen molar-refractivity contribution < 1.29 is 0 Å². The number of hydrogen-bond acceptors (Lipinski definition) is 4. The number of aryl methyl sites for hydroxylation is 1. The zero-order valence-electron chi connectivity index (χ0n) is 11.6. The summed E-state index contributed by atoms with van der Waals surface area (Å²) in [7, 11) is 0. The van der Waals surface area contributed by atoms with Gasteiger partial charge in [0.1, 0.15) is 11.6 Å². The maximum atomic E-state index is 12.1. The Morgan fingerprint density at radius 3 is 2.75 bits per heavy atom. The van der Waals surface area contributed by atoms with Crippen molar-refractivity contribution in [3.05, 3.63) is 49.8 Å². The van der Waals surface area contributed by atoms with Gasteiger partial charge in [-0.05, 0) is 47.6 Å². The third kappa shape index (κ3) is 3.56. The summed E-state index contributed by atoms with van der Waals surface area (Å²) in [6.07, 6.45) is 4.46. The summed E-state index contributed by atoms with van der Waals surface area (Å²) < 4.78 is 2.29. The van der Waals surface area contributed by atoms with E-state index in [0.717, 1.165) is 24.3 Å². The first-order chi connectivity index (χ1) is 9.61. The van der Waals surface area contributed by atoms with Gasteiger partial charge in [0, 0.05) is 18.9 Å². The lowest BCUT2D eigenvalue weighted by atomic mass is 10.2. The Hall–Kier alpha value is -1.44. The van der Waals surface area contributed by atoms with Gasteiger partial charge in [-0.25, -0.2) is 9.97 Å². The first-order valence-corrected chi connectivity index (χ1v) is 7.60. The molecular formula is C14H17IN4O. The van der Waals surface area contributed by atoms with Crippen LogP contribution in [0, 0.1) is 10.5 Å². The molecule has 1 N–H and O–H groups in total. The summed E-state index contributed by atoms with van der Waals surface area (Å²) in [5.74, 6) is 1.57. The van der Waals surface area contributed by atoms with Crippen LogP contribution in [0.4, 0.5) is 5.82 Å². The van der Waals surface area contributed by atoms with Gasteiger partial charge in [-0.3, -0.25) is 9.36 Å². The van der Waals surface area contributed by atoms with E-state index in [-0.39, 0.29) is 5.56 Å². The van der Waals surface area contributed by atoms with Crippen LogP contribution < -0.4 is 10.9 Å². The smallest absolute Gasteiger partial charge is 0.267 e. The van der Waals surface area contributed by atoms with Crippen LogP contribution in [0.2, 0.25) is 0 Å². The molecule has 2 aromatic rings. The average molecular weight is 384 g/mol. The quantitative estimate of drug-likeness (QED) is 0.805. The third-order valence-corrected chi connectivity index (χ3v) is 3.67. The number of aromatic nitrogens is 3. The molecule has 0 unspecified atom stereocenters. The fourth-order valence-electron chi connectivity index (χ4n) is 1.80. The highest BCUT2D eigenvalue weighted by Crippen LogP contribution is 2.07. The number of anilines is 1. The number of nitrogens with zero attached hydrogens (tertiary/aromatic N) is 3. The second-order valence-electron chi connectivity index (χ2n) is 4.52. The van der Waals surface area contributed by atoms with Crippen LogP contribution >= 0.6 is 22.6 Å². The number of pyridine rings is 1. The van der Waals surface area contributed by atoms with E-state index in [1.165, 1.54) is 0 Å². The van der Waals surface area contributed by atoms with Gasteiger partial charge in [-0.2, -0.15) is 0 Å². The van der Waals surface area contributed by atoms with Gasteiger partial charge in [0.25, 0.3) is 5.56 Å². The second-order valence-corrected chi connectivity index (χ2v) is 5.69. The Kier molecular flexibility index (Phi) is 5.11. The topological polar surface area (TPSA) is 59.8 Å². The SMILES string of the molecule is CCCNc1ccc(Cn2c(C)ncc(I)c2=O)cn1. The lowest BCUT2D eigenvalue weighted by Crippen LogP contribution is -2.26. The normalized spacial score (nSPS) is 10.6. The highest BCUT2D eigenvalue weighted by atomic mass is 127. The summed E-state index contributed by atoms with van der Waals surface area (Å²) in [5, 5.41) is 3.22. The molecule has 0 fully saturated rings. The molecule has 0 aliphatic rings. The molecule has 0 atom stereocenters. The van der Waals surface area contributed by atoms with E-state index in [4.69, 9.17) is 0 Å². The van der Waals surface area contributed by atoms with E-state index in [1.54, 1.807) is 17.0 Å². The van der Waals surface area contributed by atoms with Crippen LogP contribution in [0.25, 0.3) is 0 Å². The fraction of sp³-hybridized carbons (Fsp3) is 0.357. The van der Waals surface area contributed by atoms with Crippen molar-refractivity contribution in [3.63, 3.8) is 0 Å². The summed E-state index contributed by atoms with van der Waals surface area (Å²) >= 11 is 2.01. The van der Waals surface area contributed by atoms with E-state index in [0.29, 0.717) is 15.9 Å². The summed E-state index contributed by atoms with van der Waals surface area (Å²) in [6.45, 7) is 5.35. The Balaban J connectivity index is 2.18. The first-order valence-electron chi connectivity index (χ1n) is 6.52. The van der Waals surface area contributed by atoms with Crippen LogP contribution in [0.1, 0.15) is 24.7 Å². The number of halogens is 1. The first kappa shape index (κ1) is 15.0. The van der Waals surface area contributed by atoms with Gasteiger partial charge >= 0.3 is 0 Å². The van der Waals surface area contributed by atoms with Crippen molar-refractivity contribution in [2.75, 3.05) is 11.9 Å². The van der Waals surface area contributed by atoms with Crippen LogP contribution in [-0.4, -0.2) is 21.1 Å². The van der Waals surface area contributed by atoms with Crippen molar-refractivity contribution in [3.8, 4) is 0 Å². The van der Waals surface area contributed by atoms with Crippen LogP contribution in [0.5, 0.6) is 0 Å². The molecule has 106 valence electrons. The minimum Gasteiger partial charge on any atom is -0.370 e. The number of nitrogens with one attached hydrogen (secondary N) is 1. The lowest BCUT2D eigenvalue weighted by molar-refractivity contribution is 0.693. The number of hydrogen-bond donors (Lipinski definition) is 1. The summed E-state index contributed by atoms with van der Waals surface area (Å²) in [5.41, 5.74) is 0.979. The Bertz CT molecular complexity index is 637. The Labute approximate surface area is 131 Å². The maximum Gasteiger partial charge on any atom is 0.267 e. The van der Waals surface area contributed by atoms with Crippen molar-refractivity contribution >= 4 is 28.4 Å². The predicted molar refractivity (Wildman–Crippen MR) is 88.1 cm³/mol. The molecule has 2 rings (SSSR count). The van der Waals surface area contributed by atoms with Gasteiger partial charge in [0.05, 0.1) is 10.1 Å². The second kappa shape index (κ2) is 6.83. The molecular weight excluding hydrogens is 367 g/mol. The van der Waals surface area contributed by atoms with E-state index in [9.17, 15) is 4.79 Å². The summed E-state index contributed by atoms with van der Waals surface area (Å²) in [4.78, 5) is 20.6. The summed E-state index contributed by atoms with van der Waals surface area (Å²) in [6, 6.07) is 3.92. The van der Waals surface area contributed by atoms with Gasteiger partial charge in [-0.1, -0.05) is 13.0 Å². The maximum absolute atomic E-state index is 12.1. The van der Waals surface area contributed by atoms with Crippen molar-refractivity contribution in [1.29, 1.82) is 0 Å². The lowest BCUT2D eigenvalue weighted by Gasteiger charge is -2.10. The minimum atomic E-state index is -0.00807. The molecule has 0 amide bonds. The minimum absolute atomic E-state index is 0.00807. The largest absolute Gasteiger partial charge is 0.370 e. The molecule has 20 heavy (non-hydrogen) atoms. The van der Waals surface area contributed by atoms with Gasteiger partial charge in [0.2, 0.25) is 0 Å². The molecule has 0 saturated heterocycles. The highest BCUT2D eigenvalue weighted by molar-refractivity contribution is 14.1. The van der Waals surface area contributed by atoms with Crippen LogP contribution in [-0.2, 0) is 6.54 Å². The van der Waals surface area contributed by atoms with Gasteiger partial charge in [0.15, 0.2) is 0 Å². The van der Waals surface area contributed by atoms with E-state index in [1.807, 2.05) is 41.6 Å². The Morgan fingerprint density at radius 2 is 2.10 bits per heavy atom. The third-order valence-electron chi connectivity index (χ3n) is 2.93. The van der Waals surface area contributed by atoms with Crippen LogP contribution in [0.3, 0.4) is 0 Å². The Morgan fingerprint density at radius 1 is 1.30 bits per heavy atom. The zero-order valence-corrected chi connectivity index (χ0v) is 13.7. The monoisotopic (exact) mass is 384 g/mol. The van der Waals surface area contributed by atoms with E-state index >= 15 is 0 Å². The molecule has 0 radical (unpaired) electrons. The highest BCUT2D eigenvalue weighted by Gasteiger charge is 2.06. The van der Waals surface area contributed by atoms with Gasteiger partial charge < -0.3 is 5.32 Å². The van der Waals surface area contributed by atoms with Crippen molar-refractivity contribution in [2.45, 2.75) is 26.8 Å². The molecule has 6 heteroatoms. The van der Waals surface area contributed by atoms with E-state index < -0.39 is 0 Å². The average Bonchev–Trinajstić information content (AvgIpc) is 2.47. The molecule has 0 aliphatic carbocycles. The number of rotatable bonds is 5. The molecule has 2 aromatic heterocycles. The molecule has 0 aliphatic heterocycles. The molecule has 5 nitrogen and oxygen atoms in total. The molecule has 0 bridgehead atoms. The molecule has 0 spiro atoms. The fourth-order valence-corrected chi connectivity index (χ4v) is 2.23. The molecule has 2 heterocycles. The van der Waals surface area contributed by atoms with E-state index in [2.05, 4.69) is 22.2 Å². The van der Waals surface area contributed by atoms with Crippen LogP contribution in [0.15, 0.2) is 29.3 Å². The van der Waals surface area contributed by atoms with Gasteiger partial charge in [-0.15, -0.1) is 0 Å². The molecule has 0 saturated carbocycles. The standard InChI is InChI=1S/C14H17IN4O/c1-3-6-16-13-5-4-11(7-18-13)9-19-10(2)17-8-12(15)14(19)20/h4-5,7-8H,3,6,9H2,1-2H3,(H,16,18). The van der Waals surface area contributed by atoms with Crippen molar-refractivity contribution in [2.24, 2.45) is 0 Å². The zero-order chi connectivity index (χ0) is 14.5. The van der Waals surface area contributed by atoms with Crippen molar-refractivity contribution in [1.82, 2.24) is 14.5 Å². The molecule has 0 aromatic carbocycles. The predicted octanol–water partition coefficient (Wildman–Crippen LogP) is 2.42.